The van der Waals surface area contributed by atoms with Crippen molar-refractivity contribution in [1.29, 1.82) is 0 Å². The molecule has 1 fully saturated rings. The maximum absolute atomic E-state index is 12.0. The van der Waals surface area contributed by atoms with Crippen LogP contribution in [0.15, 0.2) is 24.3 Å². The number of carbonyl (C=O) groups is 1. The summed E-state index contributed by atoms with van der Waals surface area (Å²) in [6.07, 6.45) is 2.47. The molecule has 4 nitrogen and oxygen atoms in total. The summed E-state index contributed by atoms with van der Waals surface area (Å²) in [5.41, 5.74) is 0.767. The van der Waals surface area contributed by atoms with Crippen LogP contribution in [0, 0.1) is 0 Å². The van der Waals surface area contributed by atoms with Gasteiger partial charge < -0.3 is 15.4 Å². The number of carbonyl (C=O) groups excluding carboxylic acids is 1. The van der Waals surface area contributed by atoms with Gasteiger partial charge in [0, 0.05) is 12.6 Å². The third kappa shape index (κ3) is 6.27. The van der Waals surface area contributed by atoms with Gasteiger partial charge in [0.15, 0.2) is 0 Å². The number of amides is 1. The van der Waals surface area contributed by atoms with Crippen molar-refractivity contribution in [3.05, 3.63) is 29.8 Å². The van der Waals surface area contributed by atoms with Crippen LogP contribution in [0.2, 0.25) is 0 Å². The zero-order chi connectivity index (χ0) is 14.4. The van der Waals surface area contributed by atoms with Crippen LogP contribution in [-0.2, 0) is 11.2 Å². The number of alkyl halides is 2. The minimum absolute atomic E-state index is 0. The highest BCUT2D eigenvalue weighted by Gasteiger charge is 2.14. The maximum Gasteiger partial charge on any atom is 0.387 e. The second kappa shape index (κ2) is 8.79. The van der Waals surface area contributed by atoms with E-state index in [0.717, 1.165) is 24.9 Å². The van der Waals surface area contributed by atoms with Gasteiger partial charge in [-0.3, -0.25) is 4.79 Å². The molecule has 1 saturated heterocycles. The Labute approximate surface area is 128 Å². The highest BCUT2D eigenvalue weighted by molar-refractivity contribution is 5.85. The number of hydrogen-bond donors (Lipinski definition) is 2. The van der Waals surface area contributed by atoms with Gasteiger partial charge in [0.2, 0.25) is 5.91 Å². The Morgan fingerprint density at radius 1 is 1.38 bits per heavy atom. The minimum atomic E-state index is -2.83. The van der Waals surface area contributed by atoms with Crippen molar-refractivity contribution in [2.45, 2.75) is 31.9 Å². The normalized spacial score (nSPS) is 17.4. The summed E-state index contributed by atoms with van der Waals surface area (Å²) in [6, 6.07) is 6.47. The molecule has 0 radical (unpaired) electrons. The van der Waals surface area contributed by atoms with Crippen molar-refractivity contribution >= 4 is 18.3 Å². The average molecular weight is 321 g/mol. The molecular formula is C14H19ClF2N2O2. The second-order valence-corrected chi connectivity index (χ2v) is 4.80. The van der Waals surface area contributed by atoms with Crippen LogP contribution in [-0.4, -0.2) is 31.7 Å². The van der Waals surface area contributed by atoms with Crippen molar-refractivity contribution in [1.82, 2.24) is 10.6 Å². The molecule has 0 spiro atoms. The summed E-state index contributed by atoms with van der Waals surface area (Å²) in [7, 11) is 0. The summed E-state index contributed by atoms with van der Waals surface area (Å²) in [5, 5.41) is 6.17. The second-order valence-electron chi connectivity index (χ2n) is 4.80. The Hall–Kier alpha value is -1.40. The van der Waals surface area contributed by atoms with Gasteiger partial charge >= 0.3 is 6.61 Å². The Morgan fingerprint density at radius 2 is 2.10 bits per heavy atom. The van der Waals surface area contributed by atoms with Crippen molar-refractivity contribution in [3.8, 4) is 5.75 Å². The van der Waals surface area contributed by atoms with Gasteiger partial charge in [0.05, 0.1) is 6.42 Å². The molecule has 0 bridgehead atoms. The first-order chi connectivity index (χ1) is 9.63. The summed E-state index contributed by atoms with van der Waals surface area (Å²) in [4.78, 5) is 11.7. The molecular weight excluding hydrogens is 302 g/mol. The lowest BCUT2D eigenvalue weighted by atomic mass is 10.1. The topological polar surface area (TPSA) is 50.4 Å². The summed E-state index contributed by atoms with van der Waals surface area (Å²) >= 11 is 0. The van der Waals surface area contributed by atoms with E-state index in [1.165, 1.54) is 12.1 Å². The number of benzene rings is 1. The monoisotopic (exact) mass is 320 g/mol. The molecule has 1 atom stereocenters. The Kier molecular flexibility index (Phi) is 7.39. The van der Waals surface area contributed by atoms with E-state index in [9.17, 15) is 13.6 Å². The maximum atomic E-state index is 12.0. The molecule has 1 amide bonds. The standard InChI is InChI=1S/C14H18F2N2O2.ClH/c15-14(16)20-12-5-3-10(4-6-12)8-13(19)18-9-11-2-1-7-17-11;/h3-6,11,14,17H,1-2,7-9H2,(H,18,19);1H. The molecule has 1 aromatic carbocycles. The fourth-order valence-electron chi connectivity index (χ4n) is 2.20. The first kappa shape index (κ1) is 17.7. The number of rotatable bonds is 6. The SMILES string of the molecule is Cl.O=C(Cc1ccc(OC(F)F)cc1)NCC1CCCN1. The van der Waals surface area contributed by atoms with E-state index in [0.29, 0.717) is 12.6 Å². The zero-order valence-corrected chi connectivity index (χ0v) is 12.3. The fourth-order valence-corrected chi connectivity index (χ4v) is 2.20. The molecule has 0 aromatic heterocycles. The van der Waals surface area contributed by atoms with E-state index in [-0.39, 0.29) is 30.5 Å². The number of nitrogens with one attached hydrogen (secondary N) is 2. The first-order valence-electron chi connectivity index (χ1n) is 6.67. The third-order valence-corrected chi connectivity index (χ3v) is 3.22. The highest BCUT2D eigenvalue weighted by atomic mass is 35.5. The molecule has 2 rings (SSSR count). The van der Waals surface area contributed by atoms with Crippen LogP contribution >= 0.6 is 12.4 Å². The molecule has 1 unspecified atom stereocenters. The Bertz CT molecular complexity index is 437. The van der Waals surface area contributed by atoms with Crippen LogP contribution in [0.4, 0.5) is 8.78 Å². The first-order valence-corrected chi connectivity index (χ1v) is 6.67. The van der Waals surface area contributed by atoms with E-state index in [4.69, 9.17) is 0 Å². The van der Waals surface area contributed by atoms with Crippen LogP contribution in [0.3, 0.4) is 0 Å². The molecule has 0 saturated carbocycles. The predicted octanol–water partition coefficient (Wildman–Crippen LogP) is 2.12. The smallest absolute Gasteiger partial charge is 0.387 e. The van der Waals surface area contributed by atoms with Crippen LogP contribution < -0.4 is 15.4 Å². The molecule has 1 heterocycles. The molecule has 7 heteroatoms. The van der Waals surface area contributed by atoms with E-state index in [2.05, 4.69) is 15.4 Å². The van der Waals surface area contributed by atoms with Gasteiger partial charge in [-0.2, -0.15) is 8.78 Å². The van der Waals surface area contributed by atoms with Crippen molar-refractivity contribution in [3.63, 3.8) is 0 Å². The zero-order valence-electron chi connectivity index (χ0n) is 11.5. The summed E-state index contributed by atoms with van der Waals surface area (Å²) in [5.74, 6) is 0.0283. The van der Waals surface area contributed by atoms with Gasteiger partial charge in [-0.05, 0) is 37.1 Å². The lowest BCUT2D eigenvalue weighted by Gasteiger charge is -2.11. The third-order valence-electron chi connectivity index (χ3n) is 3.22. The van der Waals surface area contributed by atoms with Gasteiger partial charge in [0.25, 0.3) is 0 Å². The molecule has 1 aromatic rings. The van der Waals surface area contributed by atoms with Crippen LogP contribution in [0.1, 0.15) is 18.4 Å². The van der Waals surface area contributed by atoms with Crippen molar-refractivity contribution in [2.24, 2.45) is 0 Å². The van der Waals surface area contributed by atoms with Crippen LogP contribution in [0.25, 0.3) is 0 Å². The average Bonchev–Trinajstić information content (AvgIpc) is 2.91. The lowest BCUT2D eigenvalue weighted by Crippen LogP contribution is -2.37. The van der Waals surface area contributed by atoms with E-state index in [1.54, 1.807) is 12.1 Å². The largest absolute Gasteiger partial charge is 0.435 e. The number of halogens is 3. The highest BCUT2D eigenvalue weighted by Crippen LogP contribution is 2.15. The molecule has 21 heavy (non-hydrogen) atoms. The fraction of sp³-hybridized carbons (Fsp3) is 0.500. The molecule has 1 aliphatic heterocycles. The lowest BCUT2D eigenvalue weighted by molar-refractivity contribution is -0.120. The van der Waals surface area contributed by atoms with Crippen LogP contribution in [0.5, 0.6) is 5.75 Å². The van der Waals surface area contributed by atoms with Gasteiger partial charge in [-0.15, -0.1) is 12.4 Å². The van der Waals surface area contributed by atoms with Crippen molar-refractivity contribution < 1.29 is 18.3 Å². The van der Waals surface area contributed by atoms with E-state index >= 15 is 0 Å². The van der Waals surface area contributed by atoms with Crippen molar-refractivity contribution in [2.75, 3.05) is 13.1 Å². The molecule has 1 aliphatic rings. The van der Waals surface area contributed by atoms with Gasteiger partial charge in [-0.1, -0.05) is 12.1 Å². The molecule has 118 valence electrons. The molecule has 2 N–H and O–H groups in total. The minimum Gasteiger partial charge on any atom is -0.435 e. The van der Waals surface area contributed by atoms with Gasteiger partial charge in [-0.25, -0.2) is 0 Å². The quantitative estimate of drug-likeness (QED) is 0.844. The van der Waals surface area contributed by atoms with E-state index in [1.807, 2.05) is 0 Å². The summed E-state index contributed by atoms with van der Waals surface area (Å²) < 4.78 is 28.2. The Balaban J connectivity index is 0.00000220. The molecule has 0 aliphatic carbocycles. The number of ether oxygens (including phenoxy) is 1. The predicted molar refractivity (Wildman–Crippen MR) is 78.1 cm³/mol. The summed E-state index contributed by atoms with van der Waals surface area (Å²) in [6.45, 7) is -1.19. The Morgan fingerprint density at radius 3 is 2.67 bits per heavy atom. The number of hydrogen-bond acceptors (Lipinski definition) is 3. The van der Waals surface area contributed by atoms with Gasteiger partial charge in [0.1, 0.15) is 5.75 Å². The van der Waals surface area contributed by atoms with E-state index < -0.39 is 6.61 Å².